The predicted molar refractivity (Wildman–Crippen MR) is 121 cm³/mol. The number of likely N-dealkylation sites (tertiary alicyclic amines) is 1. The lowest BCUT2D eigenvalue weighted by atomic mass is 10.1. The van der Waals surface area contributed by atoms with E-state index in [1.54, 1.807) is 18.7 Å². The molecule has 1 N–H and O–H groups in total. The number of halogens is 2. The Kier molecular flexibility index (Phi) is 7.53. The molecule has 0 aliphatic carbocycles. The van der Waals surface area contributed by atoms with Crippen molar-refractivity contribution in [1.82, 2.24) is 9.21 Å². The molecule has 0 spiro atoms. The molecule has 1 fully saturated rings. The van der Waals surface area contributed by atoms with Gasteiger partial charge in [-0.3, -0.25) is 9.59 Å². The molecule has 1 aliphatic rings. The van der Waals surface area contributed by atoms with Gasteiger partial charge in [-0.25, -0.2) is 12.8 Å². The van der Waals surface area contributed by atoms with Crippen molar-refractivity contribution in [2.24, 2.45) is 0 Å². The van der Waals surface area contributed by atoms with E-state index in [9.17, 15) is 22.4 Å². The Balaban J connectivity index is 1.94. The molecule has 1 aliphatic heterocycles. The first kappa shape index (κ1) is 24.2. The van der Waals surface area contributed by atoms with Crippen LogP contribution in [0.1, 0.15) is 47.4 Å². The number of benzene rings is 2. The standard InChI is InChI=1S/C22H25ClFN3O4S/c1-3-27(4-2)32(30,31)16-8-9-19(24)17(14-16)21(28)25-20-10-7-15(23)13-18(20)22(29)26-11-5-6-12-26/h7-10,13-14H,3-6,11-12H2,1-2H3,(H,25,28). The van der Waals surface area contributed by atoms with Crippen LogP contribution in [-0.4, -0.2) is 55.6 Å². The molecule has 2 aromatic carbocycles. The van der Waals surface area contributed by atoms with Gasteiger partial charge in [0.25, 0.3) is 11.8 Å². The van der Waals surface area contributed by atoms with Crippen molar-refractivity contribution < 1.29 is 22.4 Å². The first-order valence-electron chi connectivity index (χ1n) is 10.4. The van der Waals surface area contributed by atoms with Crippen molar-refractivity contribution in [3.8, 4) is 0 Å². The summed E-state index contributed by atoms with van der Waals surface area (Å²) in [6, 6.07) is 7.52. The van der Waals surface area contributed by atoms with Crippen molar-refractivity contribution in [3.05, 3.63) is 58.4 Å². The summed E-state index contributed by atoms with van der Waals surface area (Å²) >= 11 is 6.06. The molecule has 0 atom stereocenters. The molecule has 2 amide bonds. The fraction of sp³-hybridized carbons (Fsp3) is 0.364. The average molecular weight is 482 g/mol. The van der Waals surface area contributed by atoms with Crippen molar-refractivity contribution in [2.45, 2.75) is 31.6 Å². The van der Waals surface area contributed by atoms with Crippen LogP contribution >= 0.6 is 11.6 Å². The highest BCUT2D eigenvalue weighted by Gasteiger charge is 2.26. The summed E-state index contributed by atoms with van der Waals surface area (Å²) in [6.45, 7) is 5.08. The summed E-state index contributed by atoms with van der Waals surface area (Å²) in [4.78, 5) is 27.3. The minimum absolute atomic E-state index is 0.174. The van der Waals surface area contributed by atoms with Crippen LogP contribution in [0.15, 0.2) is 41.3 Å². The topological polar surface area (TPSA) is 86.8 Å². The number of amides is 2. The van der Waals surface area contributed by atoms with Gasteiger partial charge in [0.15, 0.2) is 0 Å². The van der Waals surface area contributed by atoms with E-state index < -0.39 is 27.3 Å². The molecule has 2 aromatic rings. The van der Waals surface area contributed by atoms with Gasteiger partial charge in [-0.2, -0.15) is 4.31 Å². The number of nitrogens with one attached hydrogen (secondary N) is 1. The van der Waals surface area contributed by atoms with Crippen molar-refractivity contribution in [2.75, 3.05) is 31.5 Å². The molecular weight excluding hydrogens is 457 g/mol. The number of sulfonamides is 1. The van der Waals surface area contributed by atoms with Gasteiger partial charge in [0.1, 0.15) is 5.82 Å². The summed E-state index contributed by atoms with van der Waals surface area (Å²) in [7, 11) is -3.88. The molecule has 10 heteroatoms. The number of rotatable bonds is 7. The molecule has 0 aromatic heterocycles. The second-order valence-electron chi connectivity index (χ2n) is 7.37. The highest BCUT2D eigenvalue weighted by molar-refractivity contribution is 7.89. The van der Waals surface area contributed by atoms with Gasteiger partial charge in [-0.15, -0.1) is 0 Å². The molecule has 1 saturated heterocycles. The van der Waals surface area contributed by atoms with E-state index in [0.717, 1.165) is 31.0 Å². The minimum atomic E-state index is -3.88. The SMILES string of the molecule is CCN(CC)S(=O)(=O)c1ccc(F)c(C(=O)Nc2ccc(Cl)cc2C(=O)N2CCCC2)c1. The zero-order chi connectivity index (χ0) is 23.5. The lowest BCUT2D eigenvalue weighted by molar-refractivity contribution is 0.0794. The van der Waals surface area contributed by atoms with Gasteiger partial charge in [-0.05, 0) is 49.2 Å². The summed E-state index contributed by atoms with van der Waals surface area (Å²) in [6.07, 6.45) is 1.79. The minimum Gasteiger partial charge on any atom is -0.339 e. The van der Waals surface area contributed by atoms with Crippen molar-refractivity contribution in [3.63, 3.8) is 0 Å². The Morgan fingerprint density at radius 3 is 2.34 bits per heavy atom. The Hall–Kier alpha value is -2.49. The molecule has 0 unspecified atom stereocenters. The first-order chi connectivity index (χ1) is 15.2. The largest absolute Gasteiger partial charge is 0.339 e. The van der Waals surface area contributed by atoms with Gasteiger partial charge in [0.05, 0.1) is 21.7 Å². The number of carbonyl (C=O) groups excluding carboxylic acids is 2. The lowest BCUT2D eigenvalue weighted by Gasteiger charge is -2.19. The Labute approximate surface area is 192 Å². The molecule has 172 valence electrons. The summed E-state index contributed by atoms with van der Waals surface area (Å²) < 4.78 is 41.2. The average Bonchev–Trinajstić information content (AvgIpc) is 3.30. The Bertz CT molecular complexity index is 1130. The smallest absolute Gasteiger partial charge is 0.258 e. The molecule has 0 bridgehead atoms. The number of hydrogen-bond donors (Lipinski definition) is 1. The fourth-order valence-corrected chi connectivity index (χ4v) is 5.29. The molecule has 7 nitrogen and oxygen atoms in total. The molecule has 0 radical (unpaired) electrons. The van der Waals surface area contributed by atoms with E-state index in [0.29, 0.717) is 18.1 Å². The molecular formula is C22H25ClFN3O4S. The summed E-state index contributed by atoms with van der Waals surface area (Å²) in [5.41, 5.74) is -0.0690. The van der Waals surface area contributed by atoms with Crippen LogP contribution in [0.3, 0.4) is 0 Å². The number of hydrogen-bond acceptors (Lipinski definition) is 4. The lowest BCUT2D eigenvalue weighted by Crippen LogP contribution is -2.31. The molecule has 3 rings (SSSR count). The van der Waals surface area contributed by atoms with Crippen molar-refractivity contribution in [1.29, 1.82) is 0 Å². The third-order valence-electron chi connectivity index (χ3n) is 5.38. The maximum atomic E-state index is 14.5. The fourth-order valence-electron chi connectivity index (χ4n) is 3.63. The summed E-state index contributed by atoms with van der Waals surface area (Å²) in [5.74, 6) is -2.02. The number of anilines is 1. The second kappa shape index (κ2) is 9.97. The predicted octanol–water partition coefficient (Wildman–Crippen LogP) is 4.00. The third kappa shape index (κ3) is 4.95. The van der Waals surface area contributed by atoms with E-state index >= 15 is 0 Å². The van der Waals surface area contributed by atoms with E-state index in [4.69, 9.17) is 11.6 Å². The zero-order valence-electron chi connectivity index (χ0n) is 17.9. The van der Waals surface area contributed by atoms with Crippen LogP contribution in [0.25, 0.3) is 0 Å². The maximum absolute atomic E-state index is 14.5. The van der Waals surface area contributed by atoms with Crippen LogP contribution in [0.2, 0.25) is 5.02 Å². The number of nitrogens with zero attached hydrogens (tertiary/aromatic N) is 2. The van der Waals surface area contributed by atoms with E-state index in [2.05, 4.69) is 5.32 Å². The van der Waals surface area contributed by atoms with E-state index in [1.807, 2.05) is 0 Å². The Morgan fingerprint density at radius 2 is 1.72 bits per heavy atom. The van der Waals surface area contributed by atoms with Gasteiger partial charge in [-0.1, -0.05) is 25.4 Å². The van der Waals surface area contributed by atoms with E-state index in [-0.39, 0.29) is 35.1 Å². The van der Waals surface area contributed by atoms with Crippen LogP contribution in [0.5, 0.6) is 0 Å². The van der Waals surface area contributed by atoms with Crippen LogP contribution in [0, 0.1) is 5.82 Å². The Morgan fingerprint density at radius 1 is 1.06 bits per heavy atom. The zero-order valence-corrected chi connectivity index (χ0v) is 19.5. The van der Waals surface area contributed by atoms with Gasteiger partial charge >= 0.3 is 0 Å². The van der Waals surface area contributed by atoms with Gasteiger partial charge in [0, 0.05) is 31.2 Å². The van der Waals surface area contributed by atoms with Crippen LogP contribution in [-0.2, 0) is 10.0 Å². The quantitative estimate of drug-likeness (QED) is 0.647. The van der Waals surface area contributed by atoms with Gasteiger partial charge < -0.3 is 10.2 Å². The third-order valence-corrected chi connectivity index (χ3v) is 7.66. The van der Waals surface area contributed by atoms with Crippen molar-refractivity contribution >= 4 is 39.1 Å². The van der Waals surface area contributed by atoms with Crippen LogP contribution in [0.4, 0.5) is 10.1 Å². The summed E-state index contributed by atoms with van der Waals surface area (Å²) in [5, 5.41) is 2.86. The van der Waals surface area contributed by atoms with Gasteiger partial charge in [0.2, 0.25) is 10.0 Å². The molecule has 1 heterocycles. The second-order valence-corrected chi connectivity index (χ2v) is 9.75. The monoisotopic (exact) mass is 481 g/mol. The first-order valence-corrected chi connectivity index (χ1v) is 12.2. The number of carbonyl (C=O) groups is 2. The van der Waals surface area contributed by atoms with Crippen LogP contribution < -0.4 is 5.32 Å². The van der Waals surface area contributed by atoms with E-state index in [1.165, 1.54) is 22.5 Å². The maximum Gasteiger partial charge on any atom is 0.258 e. The normalized spacial score (nSPS) is 14.1. The highest BCUT2D eigenvalue weighted by atomic mass is 35.5. The molecule has 32 heavy (non-hydrogen) atoms. The highest BCUT2D eigenvalue weighted by Crippen LogP contribution is 2.26. The molecule has 0 saturated carbocycles.